The first-order valence-corrected chi connectivity index (χ1v) is 5.23. The van der Waals surface area contributed by atoms with Crippen molar-refractivity contribution in [3.8, 4) is 5.75 Å². The molecule has 0 saturated carbocycles. The highest BCUT2D eigenvalue weighted by Gasteiger charge is 2.26. The lowest BCUT2D eigenvalue weighted by atomic mass is 9.97. The molecule has 0 saturated heterocycles. The Bertz CT molecular complexity index is 360. The van der Waals surface area contributed by atoms with Crippen LogP contribution in [0.2, 0.25) is 0 Å². The smallest absolute Gasteiger partial charge is 0.172 e. The number of Topliss-reactive ketones (excluding diaryl/α,β-unsaturated/α-hetero) is 1. The van der Waals surface area contributed by atoms with Crippen molar-refractivity contribution >= 4 is 28.4 Å². The Balaban J connectivity index is 2.55. The fourth-order valence-electron chi connectivity index (χ4n) is 1.40. The normalized spacial score (nSPS) is 20.8. The van der Waals surface area contributed by atoms with E-state index in [-0.39, 0.29) is 11.7 Å². The summed E-state index contributed by atoms with van der Waals surface area (Å²) in [6.07, 6.45) is 0. The Hall–Kier alpha value is -0.580. The first-order chi connectivity index (χ1) is 6.20. The molecule has 0 fully saturated rings. The maximum atomic E-state index is 11.7. The number of ketones is 1. The zero-order chi connectivity index (χ0) is 9.42. The second-order valence-electron chi connectivity index (χ2n) is 3.19. The number of fused-ring (bicyclic) bond motifs is 1. The lowest BCUT2D eigenvalue weighted by molar-refractivity contribution is 0.0847. The van der Waals surface area contributed by atoms with E-state index in [2.05, 4.69) is 22.6 Å². The Kier molecular flexibility index (Phi) is 2.27. The number of ether oxygens (including phenoxy) is 1. The summed E-state index contributed by atoms with van der Waals surface area (Å²) in [6.45, 7) is 2.40. The molecule has 1 aromatic rings. The van der Waals surface area contributed by atoms with E-state index in [4.69, 9.17) is 4.74 Å². The zero-order valence-corrected chi connectivity index (χ0v) is 9.37. The second-order valence-corrected chi connectivity index (χ2v) is 4.36. The molecule has 0 amide bonds. The molecule has 0 spiro atoms. The zero-order valence-electron chi connectivity index (χ0n) is 7.21. The molecule has 0 radical (unpaired) electrons. The average molecular weight is 288 g/mol. The average Bonchev–Trinajstić information content (AvgIpc) is 2.12. The minimum Gasteiger partial charge on any atom is -0.491 e. The summed E-state index contributed by atoms with van der Waals surface area (Å²) < 4.78 is 6.52. The molecule has 0 aliphatic carbocycles. The molecule has 1 unspecified atom stereocenters. The van der Waals surface area contributed by atoms with Crippen LogP contribution in [0.3, 0.4) is 0 Å². The van der Waals surface area contributed by atoms with Crippen molar-refractivity contribution < 1.29 is 9.53 Å². The topological polar surface area (TPSA) is 26.3 Å². The van der Waals surface area contributed by atoms with Crippen LogP contribution < -0.4 is 4.74 Å². The number of rotatable bonds is 0. The van der Waals surface area contributed by atoms with Gasteiger partial charge in [-0.2, -0.15) is 0 Å². The van der Waals surface area contributed by atoms with Gasteiger partial charge in [0.1, 0.15) is 5.75 Å². The predicted molar refractivity (Wildman–Crippen MR) is 58.1 cm³/mol. The minimum atomic E-state index is -0.00861. The minimum absolute atomic E-state index is 0.00861. The lowest BCUT2D eigenvalue weighted by Crippen LogP contribution is -2.25. The Morgan fingerprint density at radius 3 is 3.08 bits per heavy atom. The van der Waals surface area contributed by atoms with Crippen LogP contribution in [0.4, 0.5) is 0 Å². The quantitative estimate of drug-likeness (QED) is 0.686. The number of hydrogen-bond acceptors (Lipinski definition) is 2. The summed E-state index contributed by atoms with van der Waals surface area (Å²) in [7, 11) is 0. The van der Waals surface area contributed by atoms with Crippen LogP contribution in [0.25, 0.3) is 0 Å². The molecule has 2 rings (SSSR count). The third-order valence-electron chi connectivity index (χ3n) is 2.16. The van der Waals surface area contributed by atoms with E-state index in [0.29, 0.717) is 6.61 Å². The SMILES string of the molecule is CC1COc2c(I)cccc2C1=O. The van der Waals surface area contributed by atoms with Gasteiger partial charge in [-0.25, -0.2) is 0 Å². The molecule has 1 aromatic carbocycles. The highest BCUT2D eigenvalue weighted by Crippen LogP contribution is 2.31. The Morgan fingerprint density at radius 2 is 2.31 bits per heavy atom. The van der Waals surface area contributed by atoms with E-state index < -0.39 is 0 Å². The molecule has 0 aromatic heterocycles. The number of carbonyl (C=O) groups is 1. The summed E-state index contributed by atoms with van der Waals surface area (Å²) in [5.74, 6) is 0.941. The third kappa shape index (κ3) is 1.45. The van der Waals surface area contributed by atoms with Crippen molar-refractivity contribution in [2.45, 2.75) is 6.92 Å². The summed E-state index contributed by atoms with van der Waals surface area (Å²) >= 11 is 2.18. The largest absolute Gasteiger partial charge is 0.491 e. The fourth-order valence-corrected chi connectivity index (χ4v) is 2.05. The third-order valence-corrected chi connectivity index (χ3v) is 3.01. The van der Waals surface area contributed by atoms with Gasteiger partial charge < -0.3 is 4.74 Å². The Morgan fingerprint density at radius 1 is 1.54 bits per heavy atom. The van der Waals surface area contributed by atoms with Gasteiger partial charge in [0.25, 0.3) is 0 Å². The molecule has 1 atom stereocenters. The van der Waals surface area contributed by atoms with Crippen molar-refractivity contribution in [2.75, 3.05) is 6.61 Å². The number of hydrogen-bond donors (Lipinski definition) is 0. The predicted octanol–water partition coefficient (Wildman–Crippen LogP) is 2.50. The molecular weight excluding hydrogens is 279 g/mol. The van der Waals surface area contributed by atoms with E-state index in [1.54, 1.807) is 0 Å². The van der Waals surface area contributed by atoms with Gasteiger partial charge >= 0.3 is 0 Å². The molecular formula is C10H9IO2. The molecule has 3 heteroatoms. The first kappa shape index (κ1) is 8.99. The van der Waals surface area contributed by atoms with Gasteiger partial charge in [0.15, 0.2) is 5.78 Å². The number of carbonyl (C=O) groups excluding carboxylic acids is 1. The van der Waals surface area contributed by atoms with E-state index in [9.17, 15) is 4.79 Å². The van der Waals surface area contributed by atoms with E-state index in [1.807, 2.05) is 25.1 Å². The summed E-state index contributed by atoms with van der Waals surface area (Å²) in [5.41, 5.74) is 0.727. The van der Waals surface area contributed by atoms with Gasteiger partial charge in [-0.15, -0.1) is 0 Å². The van der Waals surface area contributed by atoms with E-state index in [1.165, 1.54) is 0 Å². The first-order valence-electron chi connectivity index (χ1n) is 4.15. The number of halogens is 1. The maximum Gasteiger partial charge on any atom is 0.172 e. The molecule has 0 bridgehead atoms. The van der Waals surface area contributed by atoms with Crippen LogP contribution >= 0.6 is 22.6 Å². The van der Waals surface area contributed by atoms with Crippen LogP contribution in [0.5, 0.6) is 5.75 Å². The molecule has 1 aliphatic heterocycles. The molecule has 1 heterocycles. The van der Waals surface area contributed by atoms with Crippen LogP contribution in [-0.4, -0.2) is 12.4 Å². The van der Waals surface area contributed by atoms with Crippen LogP contribution in [-0.2, 0) is 0 Å². The number of para-hydroxylation sites is 1. The van der Waals surface area contributed by atoms with Crippen molar-refractivity contribution in [1.29, 1.82) is 0 Å². The highest BCUT2D eigenvalue weighted by molar-refractivity contribution is 14.1. The molecule has 13 heavy (non-hydrogen) atoms. The summed E-state index contributed by atoms with van der Waals surface area (Å²) in [5, 5.41) is 0. The van der Waals surface area contributed by atoms with Gasteiger partial charge in [0.2, 0.25) is 0 Å². The van der Waals surface area contributed by atoms with Crippen molar-refractivity contribution in [1.82, 2.24) is 0 Å². The monoisotopic (exact) mass is 288 g/mol. The summed E-state index contributed by atoms with van der Waals surface area (Å²) in [4.78, 5) is 11.7. The van der Waals surface area contributed by atoms with Crippen molar-refractivity contribution in [3.05, 3.63) is 27.3 Å². The molecule has 1 aliphatic rings. The van der Waals surface area contributed by atoms with Crippen molar-refractivity contribution in [3.63, 3.8) is 0 Å². The van der Waals surface area contributed by atoms with Gasteiger partial charge in [0, 0.05) is 0 Å². The van der Waals surface area contributed by atoms with Gasteiger partial charge in [-0.1, -0.05) is 13.0 Å². The number of benzene rings is 1. The van der Waals surface area contributed by atoms with E-state index in [0.717, 1.165) is 14.9 Å². The maximum absolute atomic E-state index is 11.7. The van der Waals surface area contributed by atoms with E-state index >= 15 is 0 Å². The van der Waals surface area contributed by atoms with Crippen LogP contribution in [0.1, 0.15) is 17.3 Å². The molecule has 68 valence electrons. The van der Waals surface area contributed by atoms with Gasteiger partial charge in [-0.05, 0) is 34.7 Å². The highest BCUT2D eigenvalue weighted by atomic mass is 127. The fraction of sp³-hybridized carbons (Fsp3) is 0.300. The van der Waals surface area contributed by atoms with Gasteiger partial charge in [-0.3, -0.25) is 4.79 Å². The Labute approximate surface area is 90.4 Å². The van der Waals surface area contributed by atoms with Crippen molar-refractivity contribution in [2.24, 2.45) is 5.92 Å². The molecule has 2 nitrogen and oxygen atoms in total. The van der Waals surface area contributed by atoms with Crippen LogP contribution in [0, 0.1) is 9.49 Å². The lowest BCUT2D eigenvalue weighted by Gasteiger charge is -2.21. The van der Waals surface area contributed by atoms with Gasteiger partial charge in [0.05, 0.1) is 21.7 Å². The molecule has 0 N–H and O–H groups in total. The standard InChI is InChI=1S/C10H9IO2/c1-6-5-13-10-7(9(6)12)3-2-4-8(10)11/h2-4,6H,5H2,1H3. The summed E-state index contributed by atoms with van der Waals surface area (Å²) in [6, 6.07) is 5.66. The van der Waals surface area contributed by atoms with Crippen LogP contribution in [0.15, 0.2) is 18.2 Å². The second kappa shape index (κ2) is 3.29.